The highest BCUT2D eigenvalue weighted by molar-refractivity contribution is 8.13. The van der Waals surface area contributed by atoms with Gasteiger partial charge in [0.05, 0.1) is 16.8 Å². The second-order valence-corrected chi connectivity index (χ2v) is 7.20. The van der Waals surface area contributed by atoms with Gasteiger partial charge in [-0.05, 0) is 31.0 Å². The van der Waals surface area contributed by atoms with Gasteiger partial charge in [0.15, 0.2) is 0 Å². The van der Waals surface area contributed by atoms with Crippen LogP contribution in [0.25, 0.3) is 0 Å². The van der Waals surface area contributed by atoms with Crippen molar-refractivity contribution in [3.63, 3.8) is 0 Å². The van der Waals surface area contributed by atoms with Crippen LogP contribution in [0.5, 0.6) is 0 Å². The lowest BCUT2D eigenvalue weighted by Gasteiger charge is -2.05. The van der Waals surface area contributed by atoms with Crippen LogP contribution in [0, 0.1) is 6.92 Å². The topological polar surface area (TPSA) is 89.0 Å². The van der Waals surface area contributed by atoms with Crippen molar-refractivity contribution in [3.8, 4) is 0 Å². The Kier molecular flexibility index (Phi) is 5.10. The summed E-state index contributed by atoms with van der Waals surface area (Å²) < 4.78 is 22.2. The molecule has 1 N–H and O–H groups in total. The summed E-state index contributed by atoms with van der Waals surface area (Å²) in [5, 5.41) is 2.73. The number of aromatic nitrogens is 2. The maximum Gasteiger partial charge on any atom is 0.271 e. The van der Waals surface area contributed by atoms with Crippen LogP contribution in [-0.4, -0.2) is 30.8 Å². The minimum absolute atomic E-state index is 0.0527. The third-order valence-electron chi connectivity index (χ3n) is 2.92. The number of amides is 1. The van der Waals surface area contributed by atoms with Crippen LogP contribution in [0.3, 0.4) is 0 Å². The van der Waals surface area contributed by atoms with Gasteiger partial charge in [-0.25, -0.2) is 13.4 Å². The predicted molar refractivity (Wildman–Crippen MR) is 82.3 cm³/mol. The molecule has 22 heavy (non-hydrogen) atoms. The molecule has 0 radical (unpaired) electrons. The minimum Gasteiger partial charge on any atom is -0.350 e. The highest BCUT2D eigenvalue weighted by atomic mass is 35.7. The van der Waals surface area contributed by atoms with Crippen LogP contribution >= 0.6 is 10.7 Å². The van der Waals surface area contributed by atoms with E-state index in [-0.39, 0.29) is 16.5 Å². The highest BCUT2D eigenvalue weighted by Crippen LogP contribution is 2.15. The average Bonchev–Trinajstić information content (AvgIpc) is 2.47. The summed E-state index contributed by atoms with van der Waals surface area (Å²) in [6, 6.07) is 6.19. The second kappa shape index (κ2) is 6.85. The second-order valence-electron chi connectivity index (χ2n) is 4.63. The van der Waals surface area contributed by atoms with Gasteiger partial charge in [0.2, 0.25) is 0 Å². The Bertz CT molecular complexity index is 759. The van der Waals surface area contributed by atoms with E-state index in [1.807, 2.05) is 0 Å². The lowest BCUT2D eigenvalue weighted by Crippen LogP contribution is -2.26. The number of carbonyl (C=O) groups excluding carboxylic acids is 1. The Balaban J connectivity index is 1.88. The Morgan fingerprint density at radius 2 is 1.86 bits per heavy atom. The van der Waals surface area contributed by atoms with Crippen LogP contribution in [0.4, 0.5) is 0 Å². The van der Waals surface area contributed by atoms with Crippen molar-refractivity contribution in [2.24, 2.45) is 0 Å². The smallest absolute Gasteiger partial charge is 0.271 e. The predicted octanol–water partition coefficient (Wildman–Crippen LogP) is 1.69. The van der Waals surface area contributed by atoms with Gasteiger partial charge < -0.3 is 5.32 Å². The summed E-state index contributed by atoms with van der Waals surface area (Å²) in [6.45, 7) is 2.20. The Morgan fingerprint density at radius 1 is 1.18 bits per heavy atom. The van der Waals surface area contributed by atoms with Gasteiger partial charge in [0, 0.05) is 23.4 Å². The molecule has 0 fully saturated rings. The number of nitrogens with zero attached hydrogens (tertiary/aromatic N) is 2. The monoisotopic (exact) mass is 339 g/mol. The molecule has 1 amide bonds. The van der Waals surface area contributed by atoms with Gasteiger partial charge in [0.25, 0.3) is 15.0 Å². The third-order valence-corrected chi connectivity index (χ3v) is 4.29. The first-order valence-corrected chi connectivity index (χ1v) is 8.77. The minimum atomic E-state index is -3.71. The van der Waals surface area contributed by atoms with E-state index in [0.717, 1.165) is 11.3 Å². The Hall–Kier alpha value is -1.99. The van der Waals surface area contributed by atoms with E-state index in [2.05, 4.69) is 15.3 Å². The summed E-state index contributed by atoms with van der Waals surface area (Å²) in [4.78, 5) is 19.9. The van der Waals surface area contributed by atoms with E-state index in [9.17, 15) is 13.2 Å². The summed E-state index contributed by atoms with van der Waals surface area (Å²) in [6.07, 6.45) is 3.51. The number of halogens is 1. The van der Waals surface area contributed by atoms with Crippen LogP contribution in [0.1, 0.15) is 21.7 Å². The first kappa shape index (κ1) is 16.4. The number of aryl methyl sites for hydroxylation is 1. The zero-order valence-corrected chi connectivity index (χ0v) is 13.4. The van der Waals surface area contributed by atoms with Gasteiger partial charge in [-0.3, -0.25) is 9.78 Å². The van der Waals surface area contributed by atoms with Crippen molar-refractivity contribution in [1.82, 2.24) is 15.3 Å². The number of hydrogen-bond acceptors (Lipinski definition) is 5. The molecule has 0 saturated heterocycles. The number of nitrogens with one attached hydrogen (secondary N) is 1. The van der Waals surface area contributed by atoms with Crippen molar-refractivity contribution < 1.29 is 13.2 Å². The van der Waals surface area contributed by atoms with E-state index >= 15 is 0 Å². The van der Waals surface area contributed by atoms with Gasteiger partial charge in [0.1, 0.15) is 5.69 Å². The normalized spacial score (nSPS) is 11.2. The van der Waals surface area contributed by atoms with Crippen LogP contribution in [0.15, 0.2) is 41.6 Å². The first-order valence-electron chi connectivity index (χ1n) is 6.47. The molecule has 0 unspecified atom stereocenters. The molecule has 116 valence electrons. The molecule has 0 aliphatic carbocycles. The molecule has 8 heteroatoms. The molecular weight excluding hydrogens is 326 g/mol. The van der Waals surface area contributed by atoms with Gasteiger partial charge >= 0.3 is 0 Å². The lowest BCUT2D eigenvalue weighted by atomic mass is 10.1. The van der Waals surface area contributed by atoms with E-state index in [0.29, 0.717) is 13.0 Å². The Morgan fingerprint density at radius 3 is 2.41 bits per heavy atom. The summed E-state index contributed by atoms with van der Waals surface area (Å²) in [5.74, 6) is -0.299. The van der Waals surface area contributed by atoms with E-state index in [1.54, 1.807) is 19.1 Å². The fourth-order valence-corrected chi connectivity index (χ4v) is 2.51. The quantitative estimate of drug-likeness (QED) is 0.837. The molecule has 0 bridgehead atoms. The molecule has 1 heterocycles. The molecule has 2 rings (SSSR count). The van der Waals surface area contributed by atoms with E-state index < -0.39 is 9.05 Å². The van der Waals surface area contributed by atoms with Crippen LogP contribution < -0.4 is 5.32 Å². The van der Waals surface area contributed by atoms with Gasteiger partial charge in [-0.1, -0.05) is 12.1 Å². The number of rotatable bonds is 5. The SMILES string of the molecule is Cc1cnc(C(=O)NCCc2ccc(S(=O)(=O)Cl)cc2)cn1. The summed E-state index contributed by atoms with van der Waals surface area (Å²) in [7, 11) is 1.53. The first-order chi connectivity index (χ1) is 10.4. The molecule has 0 saturated carbocycles. The number of benzene rings is 1. The molecule has 6 nitrogen and oxygen atoms in total. The number of hydrogen-bond donors (Lipinski definition) is 1. The largest absolute Gasteiger partial charge is 0.350 e. The zero-order chi connectivity index (χ0) is 16.2. The molecule has 0 aliphatic heterocycles. The van der Waals surface area contributed by atoms with Gasteiger partial charge in [-0.15, -0.1) is 0 Å². The van der Waals surface area contributed by atoms with Crippen molar-refractivity contribution in [1.29, 1.82) is 0 Å². The summed E-state index contributed by atoms with van der Waals surface area (Å²) >= 11 is 0. The highest BCUT2D eigenvalue weighted by Gasteiger charge is 2.09. The molecule has 0 aliphatic rings. The van der Waals surface area contributed by atoms with Crippen molar-refractivity contribution >= 4 is 25.6 Å². The molecule has 0 atom stereocenters. The molecule has 1 aromatic heterocycles. The van der Waals surface area contributed by atoms with Crippen molar-refractivity contribution in [3.05, 3.63) is 53.6 Å². The fraction of sp³-hybridized carbons (Fsp3) is 0.214. The number of carbonyl (C=O) groups is 1. The van der Waals surface area contributed by atoms with E-state index in [1.165, 1.54) is 24.5 Å². The van der Waals surface area contributed by atoms with Crippen LogP contribution in [0.2, 0.25) is 0 Å². The lowest BCUT2D eigenvalue weighted by molar-refractivity contribution is 0.0948. The maximum atomic E-state index is 11.8. The third kappa shape index (κ3) is 4.51. The molecule has 0 spiro atoms. The van der Waals surface area contributed by atoms with Crippen molar-refractivity contribution in [2.75, 3.05) is 6.54 Å². The van der Waals surface area contributed by atoms with Crippen molar-refractivity contribution in [2.45, 2.75) is 18.2 Å². The standard InChI is InChI=1S/C14H14ClN3O3S/c1-10-8-18-13(9-17-10)14(19)16-7-6-11-2-4-12(5-3-11)22(15,20)21/h2-5,8-9H,6-7H2,1H3,(H,16,19). The van der Waals surface area contributed by atoms with E-state index in [4.69, 9.17) is 10.7 Å². The zero-order valence-electron chi connectivity index (χ0n) is 11.8. The van der Waals surface area contributed by atoms with Gasteiger partial charge in [-0.2, -0.15) is 0 Å². The maximum absolute atomic E-state index is 11.8. The molecule has 2 aromatic rings. The van der Waals surface area contributed by atoms with Crippen LogP contribution in [-0.2, 0) is 15.5 Å². The fourth-order valence-electron chi connectivity index (χ4n) is 1.74. The molecular formula is C14H14ClN3O3S. The Labute approximate surface area is 133 Å². The summed E-state index contributed by atoms with van der Waals surface area (Å²) in [5.41, 5.74) is 1.89. The average molecular weight is 340 g/mol. The molecule has 1 aromatic carbocycles.